The first-order valence-electron chi connectivity index (χ1n) is 12.6. The van der Waals surface area contributed by atoms with Gasteiger partial charge in [-0.25, -0.2) is 0 Å². The van der Waals surface area contributed by atoms with Gasteiger partial charge < -0.3 is 0 Å². The van der Waals surface area contributed by atoms with Crippen molar-refractivity contribution in [3.8, 4) is 5.75 Å². The van der Waals surface area contributed by atoms with Crippen LogP contribution in [0, 0.1) is 12.8 Å². The van der Waals surface area contributed by atoms with Crippen LogP contribution in [0.25, 0.3) is 0 Å². The Kier molecular flexibility index (Phi) is 11.6. The van der Waals surface area contributed by atoms with Crippen LogP contribution in [0.4, 0.5) is 0 Å². The third kappa shape index (κ3) is 7.46. The summed E-state index contributed by atoms with van der Waals surface area (Å²) in [6.07, 6.45) is 18.5. The summed E-state index contributed by atoms with van der Waals surface area (Å²) < 4.78 is 13.1. The van der Waals surface area contributed by atoms with Crippen LogP contribution in [0.2, 0.25) is 13.3 Å². The molecule has 1 aliphatic rings. The van der Waals surface area contributed by atoms with Crippen LogP contribution in [-0.4, -0.2) is 25.5 Å². The van der Waals surface area contributed by atoms with E-state index in [1.54, 1.807) is 20.4 Å². The molecule has 0 aliphatic heterocycles. The molecule has 0 spiro atoms. The van der Waals surface area contributed by atoms with Gasteiger partial charge in [-0.1, -0.05) is 0 Å². The van der Waals surface area contributed by atoms with Gasteiger partial charge in [0.05, 0.1) is 0 Å². The van der Waals surface area contributed by atoms with E-state index in [9.17, 15) is 0 Å². The summed E-state index contributed by atoms with van der Waals surface area (Å²) in [6.45, 7) is 9.28. The van der Waals surface area contributed by atoms with Crippen LogP contribution in [0.5, 0.6) is 5.75 Å². The Balaban J connectivity index is 2.27. The molecule has 1 aliphatic carbocycles. The van der Waals surface area contributed by atoms with Crippen LogP contribution in [0.15, 0.2) is 40.5 Å². The summed E-state index contributed by atoms with van der Waals surface area (Å²) in [7, 11) is 1.77. The summed E-state index contributed by atoms with van der Waals surface area (Å²) in [5, 5.41) is 0. The predicted molar refractivity (Wildman–Crippen MR) is 136 cm³/mol. The minimum absolute atomic E-state index is 0.520. The topological polar surface area (TPSA) is 9.23 Å². The summed E-state index contributed by atoms with van der Waals surface area (Å²) in [4.78, 5) is 0. The van der Waals surface area contributed by atoms with Crippen molar-refractivity contribution in [2.24, 2.45) is 5.92 Å². The number of ether oxygens (including phenoxy) is 1. The van der Waals surface area contributed by atoms with Crippen molar-refractivity contribution in [1.29, 1.82) is 0 Å². The zero-order valence-corrected chi connectivity index (χ0v) is 23.2. The second-order valence-corrected chi connectivity index (χ2v) is 22.5. The van der Waals surface area contributed by atoms with Gasteiger partial charge in [0.15, 0.2) is 0 Å². The zero-order valence-electron chi connectivity index (χ0n) is 20.4. The van der Waals surface area contributed by atoms with Crippen molar-refractivity contribution in [1.82, 2.24) is 0 Å². The second kappa shape index (κ2) is 13.7. The van der Waals surface area contributed by atoms with E-state index >= 15 is 0 Å². The van der Waals surface area contributed by atoms with E-state index in [2.05, 4.69) is 68.2 Å². The molecule has 0 saturated heterocycles. The molecule has 2 heteroatoms. The van der Waals surface area contributed by atoms with Gasteiger partial charge in [0.25, 0.3) is 0 Å². The Morgan fingerprint density at radius 2 is 1.63 bits per heavy atom. The van der Waals surface area contributed by atoms with Gasteiger partial charge in [0.1, 0.15) is 0 Å². The van der Waals surface area contributed by atoms with Gasteiger partial charge in [0.2, 0.25) is 0 Å². The van der Waals surface area contributed by atoms with E-state index in [1.165, 1.54) is 62.5 Å². The number of hydrogen-bond donors (Lipinski definition) is 0. The molecule has 2 rings (SSSR count). The van der Waals surface area contributed by atoms with Gasteiger partial charge in [-0.05, 0) is 0 Å². The predicted octanol–water partition coefficient (Wildman–Crippen LogP) is 9.00. The Morgan fingerprint density at radius 3 is 2.17 bits per heavy atom. The first kappa shape index (κ1) is 25.6. The molecule has 0 radical (unpaired) electrons. The summed E-state index contributed by atoms with van der Waals surface area (Å²) in [5.41, 5.74) is 2.70. The van der Waals surface area contributed by atoms with Crippen LogP contribution in [0.3, 0.4) is 0 Å². The third-order valence-corrected chi connectivity index (χ3v) is 21.2. The van der Waals surface area contributed by atoms with E-state index in [0.717, 1.165) is 5.75 Å². The molecule has 1 nitrogen and oxygen atoms in total. The number of rotatable bonds is 13. The average Bonchev–Trinajstić information content (AvgIpc) is 2.78. The molecule has 0 fully saturated rings. The fourth-order valence-electron chi connectivity index (χ4n) is 5.08. The quantitative estimate of drug-likeness (QED) is 0.187. The first-order valence-corrected chi connectivity index (χ1v) is 20.3. The monoisotopic (exact) mass is 518 g/mol. The van der Waals surface area contributed by atoms with E-state index < -0.39 is 18.4 Å². The van der Waals surface area contributed by atoms with Crippen LogP contribution in [0.1, 0.15) is 89.2 Å². The molecular formula is C28H46OSn. The number of unbranched alkanes of at least 4 members (excludes halogenated alkanes) is 3. The van der Waals surface area contributed by atoms with Crippen LogP contribution >= 0.6 is 0 Å². The Hall–Kier alpha value is -0.701. The van der Waals surface area contributed by atoms with Gasteiger partial charge in [-0.2, -0.15) is 0 Å². The SMILES string of the molecule is CCC[CH2][Sn](/[CH]=C/[C@H]1CCC=C[C@@H]1c1ccc(OC)c(C)c1)([CH2]CCC)[CH2]CCC. The van der Waals surface area contributed by atoms with Crippen molar-refractivity contribution in [2.45, 2.75) is 98.3 Å². The van der Waals surface area contributed by atoms with Crippen molar-refractivity contribution in [3.63, 3.8) is 0 Å². The molecule has 30 heavy (non-hydrogen) atoms. The van der Waals surface area contributed by atoms with Crippen LogP contribution < -0.4 is 4.74 Å². The molecule has 0 amide bonds. The van der Waals surface area contributed by atoms with Gasteiger partial charge in [-0.15, -0.1) is 0 Å². The molecule has 2 atom stereocenters. The molecule has 0 aromatic heterocycles. The molecule has 0 unspecified atom stereocenters. The van der Waals surface area contributed by atoms with Gasteiger partial charge >= 0.3 is 192 Å². The number of methoxy groups -OCH3 is 1. The third-order valence-electron chi connectivity index (χ3n) is 7.06. The van der Waals surface area contributed by atoms with Crippen molar-refractivity contribution in [2.75, 3.05) is 7.11 Å². The Morgan fingerprint density at radius 1 is 1.00 bits per heavy atom. The van der Waals surface area contributed by atoms with Gasteiger partial charge in [-0.3, -0.25) is 0 Å². The molecule has 0 N–H and O–H groups in total. The Bertz CT molecular complexity index is 653. The number of aryl methyl sites for hydroxylation is 1. The maximum atomic E-state index is 5.50. The first-order chi connectivity index (χ1) is 14.6. The van der Waals surface area contributed by atoms with E-state index in [-0.39, 0.29) is 0 Å². The van der Waals surface area contributed by atoms with Gasteiger partial charge in [0, 0.05) is 0 Å². The second-order valence-electron chi connectivity index (χ2n) is 9.46. The molecule has 168 valence electrons. The number of benzene rings is 1. The summed E-state index contributed by atoms with van der Waals surface area (Å²) in [6, 6.07) is 6.79. The molecular weight excluding hydrogens is 471 g/mol. The molecule has 0 saturated carbocycles. The Labute approximate surface area is 191 Å². The normalized spacial score (nSPS) is 19.5. The zero-order chi connectivity index (χ0) is 21.8. The molecule has 1 aromatic carbocycles. The number of allylic oxidation sites excluding steroid dienone is 3. The average molecular weight is 517 g/mol. The maximum absolute atomic E-state index is 5.50. The molecule has 0 bridgehead atoms. The fourth-order valence-corrected chi connectivity index (χ4v) is 19.6. The van der Waals surface area contributed by atoms with E-state index in [0.29, 0.717) is 11.8 Å². The summed E-state index contributed by atoms with van der Waals surface area (Å²) >= 11 is -2.21. The van der Waals surface area contributed by atoms with E-state index in [4.69, 9.17) is 4.74 Å². The summed E-state index contributed by atoms with van der Waals surface area (Å²) in [5.74, 6) is 2.18. The molecule has 0 heterocycles. The van der Waals surface area contributed by atoms with Crippen LogP contribution in [-0.2, 0) is 0 Å². The van der Waals surface area contributed by atoms with Crippen molar-refractivity contribution >= 4 is 18.4 Å². The van der Waals surface area contributed by atoms with Crippen molar-refractivity contribution < 1.29 is 4.74 Å². The fraction of sp³-hybridized carbons (Fsp3) is 0.643. The molecule has 1 aromatic rings. The van der Waals surface area contributed by atoms with Crippen molar-refractivity contribution in [3.05, 3.63) is 51.6 Å². The number of hydrogen-bond acceptors (Lipinski definition) is 1. The minimum atomic E-state index is -2.21. The standard InChI is InChI=1S/C16H19O.3C4H9.Sn/c1-4-13-7-5-6-8-15(13)14-9-10-16(17-3)12(2)11-14;3*1-3-4-2;/h1,4,6,8-11,13,15H,5,7H2,2-3H3;3*1,3-4H2,2H3;/t13-,15-;;;;/m0..../s1. The van der Waals surface area contributed by atoms with E-state index in [1.807, 2.05) is 0 Å².